The van der Waals surface area contributed by atoms with E-state index >= 15 is 0 Å². The van der Waals surface area contributed by atoms with Gasteiger partial charge in [0.1, 0.15) is 6.10 Å². The summed E-state index contributed by atoms with van der Waals surface area (Å²) in [6.07, 6.45) is 0.970. The maximum atomic E-state index is 10.8. The van der Waals surface area contributed by atoms with E-state index in [1.54, 1.807) is 25.3 Å². The van der Waals surface area contributed by atoms with Crippen molar-refractivity contribution in [1.82, 2.24) is 4.90 Å². The van der Waals surface area contributed by atoms with E-state index in [1.165, 1.54) is 0 Å². The molecular weight excluding hydrogens is 272 g/mol. The predicted molar refractivity (Wildman–Crippen MR) is 78.7 cm³/mol. The number of likely N-dealkylation sites (N-methyl/N-ethyl adjacent to an activating group) is 1. The number of hydrogen-bond acceptors (Lipinski definition) is 5. The van der Waals surface area contributed by atoms with E-state index in [0.717, 1.165) is 25.1 Å². The fraction of sp³-hybridized carbons (Fsp3) is 0.533. The zero-order valence-corrected chi connectivity index (χ0v) is 12.4. The van der Waals surface area contributed by atoms with Crippen LogP contribution in [0.2, 0.25) is 0 Å². The van der Waals surface area contributed by atoms with Crippen LogP contribution in [0.15, 0.2) is 18.2 Å². The van der Waals surface area contributed by atoms with Gasteiger partial charge in [-0.1, -0.05) is 6.07 Å². The summed E-state index contributed by atoms with van der Waals surface area (Å²) >= 11 is 0. The average molecular weight is 294 g/mol. The highest BCUT2D eigenvalue weighted by atomic mass is 16.5. The summed E-state index contributed by atoms with van der Waals surface area (Å²) in [7, 11) is 3.64. The first-order valence-electron chi connectivity index (χ1n) is 7.00. The molecule has 6 heteroatoms. The molecular formula is C15H22N2O4. The highest BCUT2D eigenvalue weighted by molar-refractivity contribution is 5.68. The average Bonchev–Trinajstić information content (AvgIpc) is 2.83. The highest BCUT2D eigenvalue weighted by Crippen LogP contribution is 2.32. The summed E-state index contributed by atoms with van der Waals surface area (Å²) in [6.45, 7) is 1.87. The normalized spacial score (nSPS) is 20.2. The summed E-state index contributed by atoms with van der Waals surface area (Å²) in [5, 5.41) is 8.83. The molecule has 0 aromatic heterocycles. The number of carboxylic acids is 1. The molecule has 1 fully saturated rings. The van der Waals surface area contributed by atoms with Crippen molar-refractivity contribution in [1.29, 1.82) is 0 Å². The first kappa shape index (κ1) is 15.6. The number of nitrogens with zero attached hydrogens (tertiary/aromatic N) is 1. The Bertz CT molecular complexity index is 506. The summed E-state index contributed by atoms with van der Waals surface area (Å²) in [5.74, 6) is 0.338. The van der Waals surface area contributed by atoms with E-state index in [4.69, 9.17) is 20.3 Å². The maximum absolute atomic E-state index is 10.8. The minimum atomic E-state index is -0.918. The third-order valence-corrected chi connectivity index (χ3v) is 3.65. The predicted octanol–water partition coefficient (Wildman–Crippen LogP) is 1.25. The third kappa shape index (κ3) is 4.09. The molecule has 1 aromatic carbocycles. The van der Waals surface area contributed by atoms with Gasteiger partial charge >= 0.3 is 5.97 Å². The molecule has 0 spiro atoms. The van der Waals surface area contributed by atoms with Crippen molar-refractivity contribution in [3.8, 4) is 11.5 Å². The maximum Gasteiger partial charge on any atom is 0.305 e. The van der Waals surface area contributed by atoms with Crippen LogP contribution in [0.5, 0.6) is 11.5 Å². The molecule has 21 heavy (non-hydrogen) atoms. The second-order valence-electron chi connectivity index (χ2n) is 5.41. The Kier molecular flexibility index (Phi) is 5.03. The molecule has 0 aliphatic carbocycles. The Morgan fingerprint density at radius 2 is 2.29 bits per heavy atom. The van der Waals surface area contributed by atoms with Crippen LogP contribution in [-0.2, 0) is 4.79 Å². The Morgan fingerprint density at radius 1 is 1.52 bits per heavy atom. The van der Waals surface area contributed by atoms with Crippen molar-refractivity contribution in [3.63, 3.8) is 0 Å². The van der Waals surface area contributed by atoms with Crippen molar-refractivity contribution in [2.45, 2.75) is 25.0 Å². The van der Waals surface area contributed by atoms with Gasteiger partial charge in [0.05, 0.1) is 13.5 Å². The highest BCUT2D eigenvalue weighted by Gasteiger charge is 2.23. The van der Waals surface area contributed by atoms with Gasteiger partial charge in [-0.2, -0.15) is 0 Å². The quantitative estimate of drug-likeness (QED) is 0.821. The molecule has 1 saturated heterocycles. The van der Waals surface area contributed by atoms with Crippen molar-refractivity contribution >= 4 is 5.97 Å². The van der Waals surface area contributed by atoms with Crippen LogP contribution in [0.4, 0.5) is 0 Å². The fourth-order valence-electron chi connectivity index (χ4n) is 2.49. The standard InChI is InChI=1S/C15H22N2O4/c1-17-6-5-11(9-17)21-14-7-10(3-4-13(14)20-2)12(16)8-15(18)19/h3-4,7,11-12H,5-6,8-9,16H2,1-2H3,(H,18,19). The topological polar surface area (TPSA) is 85.0 Å². The molecule has 0 radical (unpaired) electrons. The van der Waals surface area contributed by atoms with Crippen molar-refractivity contribution in [3.05, 3.63) is 23.8 Å². The molecule has 2 unspecified atom stereocenters. The van der Waals surface area contributed by atoms with E-state index in [9.17, 15) is 4.79 Å². The molecule has 2 rings (SSSR count). The summed E-state index contributed by atoms with van der Waals surface area (Å²) in [6, 6.07) is 4.78. The summed E-state index contributed by atoms with van der Waals surface area (Å²) < 4.78 is 11.3. The molecule has 1 aliphatic rings. The number of hydrogen-bond donors (Lipinski definition) is 2. The van der Waals surface area contributed by atoms with Gasteiger partial charge < -0.3 is 25.2 Å². The Morgan fingerprint density at radius 3 is 2.86 bits per heavy atom. The number of carboxylic acid groups (broad SMARTS) is 1. The Balaban J connectivity index is 2.15. The summed E-state index contributed by atoms with van der Waals surface area (Å²) in [5.41, 5.74) is 6.64. The SMILES string of the molecule is COc1ccc(C(N)CC(=O)O)cc1OC1CCN(C)C1. The molecule has 1 aliphatic heterocycles. The van der Waals surface area contributed by atoms with Gasteiger partial charge in [0.25, 0.3) is 0 Å². The minimum absolute atomic E-state index is 0.113. The van der Waals surface area contributed by atoms with Gasteiger partial charge in [-0.3, -0.25) is 4.79 Å². The fourth-order valence-corrected chi connectivity index (χ4v) is 2.49. The van der Waals surface area contributed by atoms with Crippen LogP contribution in [0.25, 0.3) is 0 Å². The van der Waals surface area contributed by atoms with Crippen molar-refractivity contribution < 1.29 is 19.4 Å². The lowest BCUT2D eigenvalue weighted by Crippen LogP contribution is -2.22. The van der Waals surface area contributed by atoms with Crippen molar-refractivity contribution in [2.75, 3.05) is 27.2 Å². The van der Waals surface area contributed by atoms with Crippen LogP contribution < -0.4 is 15.2 Å². The zero-order valence-electron chi connectivity index (χ0n) is 12.4. The number of rotatable bonds is 6. The molecule has 0 bridgehead atoms. The molecule has 116 valence electrons. The van der Waals surface area contributed by atoms with Gasteiger partial charge in [0.15, 0.2) is 11.5 Å². The molecule has 3 N–H and O–H groups in total. The van der Waals surface area contributed by atoms with Gasteiger partial charge in [-0.15, -0.1) is 0 Å². The van der Waals surface area contributed by atoms with E-state index < -0.39 is 12.0 Å². The third-order valence-electron chi connectivity index (χ3n) is 3.65. The van der Waals surface area contributed by atoms with E-state index in [2.05, 4.69) is 11.9 Å². The lowest BCUT2D eigenvalue weighted by Gasteiger charge is -2.18. The Hall–Kier alpha value is -1.79. The molecule has 0 amide bonds. The van der Waals surface area contributed by atoms with Crippen LogP contribution in [0.3, 0.4) is 0 Å². The lowest BCUT2D eigenvalue weighted by molar-refractivity contribution is -0.137. The van der Waals surface area contributed by atoms with Gasteiger partial charge in [0.2, 0.25) is 0 Å². The van der Waals surface area contributed by atoms with Gasteiger partial charge in [-0.25, -0.2) is 0 Å². The number of aliphatic carboxylic acids is 1. The first-order chi connectivity index (χ1) is 9.99. The zero-order chi connectivity index (χ0) is 15.4. The molecule has 1 aromatic rings. The van der Waals surface area contributed by atoms with Gasteiger partial charge in [0, 0.05) is 19.1 Å². The first-order valence-corrected chi connectivity index (χ1v) is 7.00. The summed E-state index contributed by atoms with van der Waals surface area (Å²) in [4.78, 5) is 13.0. The number of nitrogens with two attached hydrogens (primary N) is 1. The molecule has 6 nitrogen and oxygen atoms in total. The number of carbonyl (C=O) groups is 1. The van der Waals surface area contributed by atoms with Crippen molar-refractivity contribution in [2.24, 2.45) is 5.73 Å². The number of ether oxygens (including phenoxy) is 2. The molecule has 2 atom stereocenters. The Labute approximate surface area is 124 Å². The number of likely N-dealkylation sites (tertiary alicyclic amines) is 1. The van der Waals surface area contributed by atoms with Crippen LogP contribution in [0, 0.1) is 0 Å². The molecule has 0 saturated carbocycles. The van der Waals surface area contributed by atoms with E-state index in [-0.39, 0.29) is 12.5 Å². The monoisotopic (exact) mass is 294 g/mol. The largest absolute Gasteiger partial charge is 0.493 e. The van der Waals surface area contributed by atoms with Gasteiger partial charge in [-0.05, 0) is 31.2 Å². The number of benzene rings is 1. The minimum Gasteiger partial charge on any atom is -0.493 e. The number of methoxy groups -OCH3 is 1. The lowest BCUT2D eigenvalue weighted by atomic mass is 10.0. The second-order valence-corrected chi connectivity index (χ2v) is 5.41. The van der Waals surface area contributed by atoms with Crippen LogP contribution in [0.1, 0.15) is 24.4 Å². The van der Waals surface area contributed by atoms with Crippen LogP contribution in [-0.4, -0.2) is 49.3 Å². The molecule has 1 heterocycles. The smallest absolute Gasteiger partial charge is 0.305 e. The second kappa shape index (κ2) is 6.78. The van der Waals surface area contributed by atoms with Crippen LogP contribution >= 0.6 is 0 Å². The van der Waals surface area contributed by atoms with E-state index in [1.807, 2.05) is 0 Å². The van der Waals surface area contributed by atoms with E-state index in [0.29, 0.717) is 11.5 Å².